The molecule has 7 aromatic carbocycles. The zero-order chi connectivity index (χ0) is 51.7. The lowest BCUT2D eigenvalue weighted by molar-refractivity contribution is -0.599. The summed E-state index contributed by atoms with van der Waals surface area (Å²) in [4.78, 5) is 5.02. The van der Waals surface area contributed by atoms with Crippen LogP contribution in [0.1, 0.15) is 129 Å². The minimum absolute atomic E-state index is 0.0522. The van der Waals surface area contributed by atoms with E-state index in [4.69, 9.17) is 9.72 Å². The van der Waals surface area contributed by atoms with Gasteiger partial charge < -0.3 is 4.74 Å². The Morgan fingerprint density at radius 2 is 1.04 bits per heavy atom. The highest BCUT2D eigenvalue weighted by Gasteiger charge is 2.30. The molecule has 0 N–H and O–H groups in total. The monoisotopic (exact) mass is 959 g/mol. The van der Waals surface area contributed by atoms with Crippen LogP contribution in [-0.4, -0.2) is 14.1 Å². The molecule has 0 fully saturated rings. The van der Waals surface area contributed by atoms with Crippen molar-refractivity contribution in [3.63, 3.8) is 0 Å². The third-order valence-electron chi connectivity index (χ3n) is 15.0. The number of rotatable bonds is 10. The maximum atomic E-state index is 7.18. The van der Waals surface area contributed by atoms with Crippen LogP contribution in [0.25, 0.3) is 50.1 Å². The third kappa shape index (κ3) is 9.54. The van der Waals surface area contributed by atoms with Crippen molar-refractivity contribution in [1.29, 1.82) is 0 Å². The van der Waals surface area contributed by atoms with Crippen LogP contribution >= 0.6 is 0 Å². The number of nitrogens with zero attached hydrogens (tertiary/aromatic N) is 4. The van der Waals surface area contributed by atoms with E-state index in [9.17, 15) is 0 Å². The first kappa shape index (κ1) is 49.1. The van der Waals surface area contributed by atoms with Gasteiger partial charge >= 0.3 is 0 Å². The largest absolute Gasteiger partial charge is 0.458 e. The molecular weight excluding hydrogens is 889 g/mol. The van der Waals surface area contributed by atoms with Crippen LogP contribution in [0.3, 0.4) is 0 Å². The van der Waals surface area contributed by atoms with Crippen molar-refractivity contribution in [2.75, 3.05) is 0 Å². The smallest absolute Gasteiger partial charge is 0.269 e. The zero-order valence-corrected chi connectivity index (χ0v) is 45.1. The van der Waals surface area contributed by atoms with Crippen LogP contribution in [-0.2, 0) is 27.1 Å². The van der Waals surface area contributed by atoms with Crippen LogP contribution < -0.4 is 9.30 Å². The molecule has 0 aliphatic rings. The van der Waals surface area contributed by atoms with E-state index in [-0.39, 0.29) is 27.1 Å². The second kappa shape index (κ2) is 18.2. The van der Waals surface area contributed by atoms with Crippen molar-refractivity contribution >= 4 is 21.8 Å². The van der Waals surface area contributed by atoms with Crippen LogP contribution in [0.15, 0.2) is 188 Å². The number of fused-ring (bicyclic) bond motifs is 3. The quantitative estimate of drug-likeness (QED) is 0.101. The Hall–Kier alpha value is -7.50. The molecule has 0 spiro atoms. The molecule has 3 heterocycles. The molecule has 0 amide bonds. The van der Waals surface area contributed by atoms with Crippen LogP contribution in [0.2, 0.25) is 0 Å². The molecule has 368 valence electrons. The normalized spacial score (nSPS) is 12.7. The first-order valence-electron chi connectivity index (χ1n) is 25.8. The predicted octanol–water partition coefficient (Wildman–Crippen LogP) is 17.0. The lowest BCUT2D eigenvalue weighted by Crippen LogP contribution is -2.31. The molecule has 10 rings (SSSR count). The minimum atomic E-state index is -0.365. The van der Waals surface area contributed by atoms with E-state index in [1.807, 2.05) is 6.20 Å². The van der Waals surface area contributed by atoms with Gasteiger partial charge in [-0.15, -0.1) is 0 Å². The van der Waals surface area contributed by atoms with Gasteiger partial charge in [0.1, 0.15) is 17.3 Å². The van der Waals surface area contributed by atoms with Gasteiger partial charge in [-0.1, -0.05) is 193 Å². The first-order chi connectivity index (χ1) is 34.6. The van der Waals surface area contributed by atoms with E-state index in [2.05, 4.69) is 292 Å². The molecule has 0 saturated carbocycles. The number of ether oxygens (including phenoxy) is 1. The standard InChI is InChI=1S/C68H70N4O/c1-64(2,3)50-33-34-69-63(41-50)72-60-32-29-47(46-23-17-14-18-24-46)35-59(60)58-31-30-56(43-61(58)72)73-57-40-53(68(12,13)49-27-21-16-22-28-49)39-55(42-57)71-45-70(44-62(71)66(7,8)9)54-37-51(65(4,5)6)36-52(38-54)67(10,11)48-25-19-15-20-26-48/h14-44H,1-13H3. The van der Waals surface area contributed by atoms with Gasteiger partial charge in [-0.3, -0.25) is 13.7 Å². The third-order valence-corrected chi connectivity index (χ3v) is 15.0. The molecule has 3 aromatic heterocycles. The minimum Gasteiger partial charge on any atom is -0.458 e. The van der Waals surface area contributed by atoms with E-state index in [1.165, 1.54) is 38.9 Å². The van der Waals surface area contributed by atoms with Crippen molar-refractivity contribution in [2.45, 2.75) is 117 Å². The Morgan fingerprint density at radius 3 is 1.66 bits per heavy atom. The van der Waals surface area contributed by atoms with Gasteiger partial charge in [0.25, 0.3) is 6.33 Å². The summed E-state index contributed by atoms with van der Waals surface area (Å²) >= 11 is 0. The second-order valence-corrected chi connectivity index (χ2v) is 24.2. The topological polar surface area (TPSA) is 35.9 Å². The van der Waals surface area contributed by atoms with Crippen molar-refractivity contribution in [3.8, 4) is 39.8 Å². The molecule has 10 aromatic rings. The van der Waals surface area contributed by atoms with E-state index < -0.39 is 0 Å². The summed E-state index contributed by atoms with van der Waals surface area (Å²) in [5.74, 6) is 2.36. The molecular formula is C68H70N4O. The van der Waals surface area contributed by atoms with Gasteiger partial charge in [-0.25, -0.2) is 4.98 Å². The van der Waals surface area contributed by atoms with Crippen LogP contribution in [0.4, 0.5) is 0 Å². The number of hydrogen-bond acceptors (Lipinski definition) is 2. The van der Waals surface area contributed by atoms with Gasteiger partial charge in [-0.05, 0) is 127 Å². The number of benzene rings is 7. The van der Waals surface area contributed by atoms with Gasteiger partial charge in [0.15, 0.2) is 0 Å². The summed E-state index contributed by atoms with van der Waals surface area (Å²) in [5, 5.41) is 2.30. The highest BCUT2D eigenvalue weighted by Crippen LogP contribution is 2.42. The predicted molar refractivity (Wildman–Crippen MR) is 303 cm³/mol. The maximum Gasteiger partial charge on any atom is 0.269 e. The van der Waals surface area contributed by atoms with E-state index in [0.29, 0.717) is 0 Å². The number of imidazole rings is 1. The second-order valence-electron chi connectivity index (χ2n) is 24.2. The lowest BCUT2D eigenvalue weighted by atomic mass is 9.75. The molecule has 5 heteroatoms. The van der Waals surface area contributed by atoms with Gasteiger partial charge in [0.2, 0.25) is 0 Å². The molecule has 0 bridgehead atoms. The Bertz CT molecular complexity index is 3630. The van der Waals surface area contributed by atoms with E-state index in [0.717, 1.165) is 61.8 Å². The fourth-order valence-corrected chi connectivity index (χ4v) is 10.2. The van der Waals surface area contributed by atoms with E-state index in [1.54, 1.807) is 0 Å². The Morgan fingerprint density at radius 1 is 0.438 bits per heavy atom. The summed E-state index contributed by atoms with van der Waals surface area (Å²) < 4.78 is 13.9. The highest BCUT2D eigenvalue weighted by atomic mass is 16.5. The summed E-state index contributed by atoms with van der Waals surface area (Å²) in [5.41, 5.74) is 14.1. The number of pyridine rings is 1. The van der Waals surface area contributed by atoms with Gasteiger partial charge in [0, 0.05) is 40.1 Å². The summed E-state index contributed by atoms with van der Waals surface area (Å²) in [6.07, 6.45) is 8.10. The van der Waals surface area contributed by atoms with Crippen molar-refractivity contribution in [2.24, 2.45) is 0 Å². The van der Waals surface area contributed by atoms with E-state index >= 15 is 0 Å². The van der Waals surface area contributed by atoms with Crippen molar-refractivity contribution in [3.05, 3.63) is 234 Å². The molecule has 0 unspecified atom stereocenters. The molecule has 73 heavy (non-hydrogen) atoms. The molecule has 0 aliphatic heterocycles. The summed E-state index contributed by atoms with van der Waals surface area (Å²) in [7, 11) is 0. The van der Waals surface area contributed by atoms with Gasteiger partial charge in [0.05, 0.1) is 28.1 Å². The fourth-order valence-electron chi connectivity index (χ4n) is 10.2. The van der Waals surface area contributed by atoms with Crippen molar-refractivity contribution < 1.29 is 9.30 Å². The number of hydrogen-bond donors (Lipinski definition) is 0. The average molecular weight is 959 g/mol. The molecule has 0 radical (unpaired) electrons. The average Bonchev–Trinajstić information content (AvgIpc) is 3.97. The Balaban J connectivity index is 1.15. The van der Waals surface area contributed by atoms with Gasteiger partial charge in [-0.2, -0.15) is 0 Å². The summed E-state index contributed by atoms with van der Waals surface area (Å²) in [6, 6.07) is 63.7. The number of aromatic nitrogens is 4. The molecule has 0 aliphatic carbocycles. The Labute approximate surface area is 433 Å². The summed E-state index contributed by atoms with van der Waals surface area (Å²) in [6.45, 7) is 29.8. The zero-order valence-electron chi connectivity index (χ0n) is 45.1. The first-order valence-corrected chi connectivity index (χ1v) is 25.8. The lowest BCUT2D eigenvalue weighted by Gasteiger charge is -2.30. The van der Waals surface area contributed by atoms with Crippen molar-refractivity contribution in [1.82, 2.24) is 14.1 Å². The SMILES string of the molecule is CC(C)(C)c1cc(-[n+]2[c-]n(-c3cc(Oc4ccc5c6cc(-c7ccccc7)ccc6n(-c6cc(C(C)(C)C)ccn6)c5c4)cc(C(C)(C)c4ccccc4)c3)c(C(C)(C)C)c2)cc(C(C)(C)c2ccccc2)c1. The fraction of sp³-hybridized carbons (Fsp3) is 0.265. The van der Waals surface area contributed by atoms with Crippen LogP contribution in [0, 0.1) is 6.33 Å². The maximum absolute atomic E-state index is 7.18. The molecule has 0 saturated heterocycles. The highest BCUT2D eigenvalue weighted by molar-refractivity contribution is 6.10. The van der Waals surface area contributed by atoms with Crippen LogP contribution in [0.5, 0.6) is 11.5 Å². The molecule has 5 nitrogen and oxygen atoms in total. The molecule has 0 atom stereocenters. The Kier molecular flexibility index (Phi) is 12.2.